The molecule has 0 aromatic heterocycles. The van der Waals surface area contributed by atoms with Crippen LogP contribution in [0.15, 0.2) is 24.3 Å². The molecule has 2 amide bonds. The van der Waals surface area contributed by atoms with Gasteiger partial charge in [0, 0.05) is 31.5 Å². The molecule has 0 spiro atoms. The molecule has 1 heterocycles. The first-order chi connectivity index (χ1) is 11.0. The Kier molecular flexibility index (Phi) is 6.13. The summed E-state index contributed by atoms with van der Waals surface area (Å²) in [5, 5.41) is 2.95. The molecule has 126 valence electrons. The smallest absolute Gasteiger partial charge is 0.223 e. The highest BCUT2D eigenvalue weighted by Crippen LogP contribution is 2.14. The summed E-state index contributed by atoms with van der Waals surface area (Å²) in [5.74, 6) is -0.286. The molecule has 1 fully saturated rings. The normalized spacial score (nSPS) is 17.2. The van der Waals surface area contributed by atoms with Crippen LogP contribution in [-0.2, 0) is 16.0 Å². The second-order valence-corrected chi connectivity index (χ2v) is 6.38. The van der Waals surface area contributed by atoms with Crippen LogP contribution in [0, 0.1) is 11.7 Å². The molecular weight excluding hydrogens is 295 g/mol. The number of nitrogens with one attached hydrogen (secondary N) is 1. The number of benzene rings is 1. The van der Waals surface area contributed by atoms with Crippen molar-refractivity contribution in [3.05, 3.63) is 35.6 Å². The van der Waals surface area contributed by atoms with E-state index in [4.69, 9.17) is 0 Å². The van der Waals surface area contributed by atoms with Crippen molar-refractivity contribution >= 4 is 11.8 Å². The average molecular weight is 320 g/mol. The number of aryl methyl sites for hydroxylation is 1. The van der Waals surface area contributed by atoms with Crippen LogP contribution in [0.5, 0.6) is 0 Å². The summed E-state index contributed by atoms with van der Waals surface area (Å²) in [4.78, 5) is 25.6. The summed E-state index contributed by atoms with van der Waals surface area (Å²) in [6, 6.07) is 6.59. The second kappa shape index (κ2) is 8.09. The number of rotatable bonds is 7. The van der Waals surface area contributed by atoms with Crippen molar-refractivity contribution in [2.24, 2.45) is 5.92 Å². The number of hydrogen-bond acceptors (Lipinski definition) is 2. The highest BCUT2D eigenvalue weighted by molar-refractivity contribution is 5.79. The number of carbonyl (C=O) groups is 2. The Balaban J connectivity index is 1.76. The molecule has 1 saturated heterocycles. The molecule has 2 atom stereocenters. The van der Waals surface area contributed by atoms with E-state index in [0.717, 1.165) is 13.0 Å². The number of amides is 2. The second-order valence-electron chi connectivity index (χ2n) is 6.38. The molecule has 1 aromatic rings. The molecule has 1 aliphatic heterocycles. The van der Waals surface area contributed by atoms with Crippen LogP contribution in [-0.4, -0.2) is 35.8 Å². The predicted molar refractivity (Wildman–Crippen MR) is 87.3 cm³/mol. The van der Waals surface area contributed by atoms with E-state index in [1.165, 1.54) is 6.07 Å². The minimum Gasteiger partial charge on any atom is -0.352 e. The molecule has 1 N–H and O–H groups in total. The average Bonchev–Trinajstić information content (AvgIpc) is 2.91. The fraction of sp³-hybridized carbons (Fsp3) is 0.556. The van der Waals surface area contributed by atoms with E-state index in [-0.39, 0.29) is 29.6 Å². The Morgan fingerprint density at radius 3 is 2.74 bits per heavy atom. The molecule has 0 saturated carbocycles. The quantitative estimate of drug-likeness (QED) is 0.839. The first-order valence-electron chi connectivity index (χ1n) is 8.29. The molecule has 2 rings (SSSR count). The van der Waals surface area contributed by atoms with Gasteiger partial charge in [-0.2, -0.15) is 0 Å². The molecule has 1 aromatic carbocycles. The number of halogens is 1. The van der Waals surface area contributed by atoms with E-state index >= 15 is 0 Å². The lowest BCUT2D eigenvalue weighted by atomic mass is 10.00. The first-order valence-corrected chi connectivity index (χ1v) is 8.29. The number of nitrogens with zero attached hydrogens (tertiary/aromatic N) is 1. The van der Waals surface area contributed by atoms with E-state index < -0.39 is 0 Å². The lowest BCUT2D eigenvalue weighted by Gasteiger charge is -2.23. The van der Waals surface area contributed by atoms with Crippen LogP contribution in [0.2, 0.25) is 0 Å². The molecule has 0 radical (unpaired) electrons. The Morgan fingerprint density at radius 1 is 1.35 bits per heavy atom. The molecular formula is C18H25FN2O2. The number of likely N-dealkylation sites (tertiary alicyclic amines) is 1. The standard InChI is InChI=1S/C18H25FN2O2/c1-13(9-10-15-6-3-4-7-16(15)19)18(23)20-14(2)12-21-11-5-8-17(21)22/h3-4,6-7,13-14H,5,8-12H2,1-2H3,(H,20,23). The van der Waals surface area contributed by atoms with Gasteiger partial charge in [-0.1, -0.05) is 25.1 Å². The number of carbonyl (C=O) groups excluding carboxylic acids is 2. The maximum absolute atomic E-state index is 13.6. The van der Waals surface area contributed by atoms with E-state index in [0.29, 0.717) is 31.4 Å². The molecule has 23 heavy (non-hydrogen) atoms. The van der Waals surface area contributed by atoms with Gasteiger partial charge in [0.1, 0.15) is 5.82 Å². The van der Waals surface area contributed by atoms with E-state index in [1.807, 2.05) is 13.8 Å². The topological polar surface area (TPSA) is 49.4 Å². The highest BCUT2D eigenvalue weighted by Gasteiger charge is 2.23. The molecule has 2 unspecified atom stereocenters. The van der Waals surface area contributed by atoms with Crippen molar-refractivity contribution in [3.63, 3.8) is 0 Å². The van der Waals surface area contributed by atoms with Crippen molar-refractivity contribution in [3.8, 4) is 0 Å². The monoisotopic (exact) mass is 320 g/mol. The van der Waals surface area contributed by atoms with Crippen LogP contribution in [0.25, 0.3) is 0 Å². The Labute approximate surface area is 137 Å². The molecule has 0 aliphatic carbocycles. The molecule has 1 aliphatic rings. The summed E-state index contributed by atoms with van der Waals surface area (Å²) in [5.41, 5.74) is 0.642. The lowest BCUT2D eigenvalue weighted by molar-refractivity contribution is -0.129. The fourth-order valence-electron chi connectivity index (χ4n) is 2.86. The largest absolute Gasteiger partial charge is 0.352 e. The third-order valence-corrected chi connectivity index (χ3v) is 4.31. The summed E-state index contributed by atoms with van der Waals surface area (Å²) >= 11 is 0. The molecule has 0 bridgehead atoms. The summed E-state index contributed by atoms with van der Waals surface area (Å²) in [7, 11) is 0. The Bertz CT molecular complexity index is 562. The molecule has 4 nitrogen and oxygen atoms in total. The van der Waals surface area contributed by atoms with Gasteiger partial charge in [-0.3, -0.25) is 9.59 Å². The summed E-state index contributed by atoms with van der Waals surface area (Å²) in [6.45, 7) is 5.10. The zero-order valence-electron chi connectivity index (χ0n) is 13.8. The van der Waals surface area contributed by atoms with Crippen LogP contribution in [0.1, 0.15) is 38.7 Å². The van der Waals surface area contributed by atoms with Crippen LogP contribution < -0.4 is 5.32 Å². The van der Waals surface area contributed by atoms with Crippen molar-refractivity contribution in [1.82, 2.24) is 10.2 Å². The van der Waals surface area contributed by atoms with Gasteiger partial charge in [-0.15, -0.1) is 0 Å². The van der Waals surface area contributed by atoms with E-state index in [9.17, 15) is 14.0 Å². The van der Waals surface area contributed by atoms with Gasteiger partial charge >= 0.3 is 0 Å². The summed E-state index contributed by atoms with van der Waals surface area (Å²) < 4.78 is 13.6. The maximum atomic E-state index is 13.6. The predicted octanol–water partition coefficient (Wildman–Crippen LogP) is 2.52. The summed E-state index contributed by atoms with van der Waals surface area (Å²) in [6.07, 6.45) is 2.65. The lowest BCUT2D eigenvalue weighted by Crippen LogP contribution is -2.44. The minimum atomic E-state index is -0.221. The highest BCUT2D eigenvalue weighted by atomic mass is 19.1. The van der Waals surface area contributed by atoms with Gasteiger partial charge < -0.3 is 10.2 Å². The van der Waals surface area contributed by atoms with E-state index in [2.05, 4.69) is 5.32 Å². The van der Waals surface area contributed by atoms with Crippen molar-refractivity contribution in [1.29, 1.82) is 0 Å². The minimum absolute atomic E-state index is 0.0412. The van der Waals surface area contributed by atoms with Gasteiger partial charge in [0.05, 0.1) is 0 Å². The zero-order valence-corrected chi connectivity index (χ0v) is 13.8. The number of hydrogen-bond donors (Lipinski definition) is 1. The van der Waals surface area contributed by atoms with Gasteiger partial charge in [0.15, 0.2) is 0 Å². The maximum Gasteiger partial charge on any atom is 0.223 e. The first kappa shape index (κ1) is 17.4. The van der Waals surface area contributed by atoms with Gasteiger partial charge in [-0.25, -0.2) is 4.39 Å². The SMILES string of the molecule is CC(CN1CCCC1=O)NC(=O)C(C)CCc1ccccc1F. The third-order valence-electron chi connectivity index (χ3n) is 4.31. The van der Waals surface area contributed by atoms with Gasteiger partial charge in [0.25, 0.3) is 0 Å². The van der Waals surface area contributed by atoms with Crippen molar-refractivity contribution in [2.45, 2.75) is 45.6 Å². The van der Waals surface area contributed by atoms with Gasteiger partial charge in [0.2, 0.25) is 11.8 Å². The van der Waals surface area contributed by atoms with E-state index in [1.54, 1.807) is 23.1 Å². The van der Waals surface area contributed by atoms with Crippen molar-refractivity contribution in [2.75, 3.05) is 13.1 Å². The Hall–Kier alpha value is -1.91. The third kappa shape index (κ3) is 5.05. The van der Waals surface area contributed by atoms with Crippen molar-refractivity contribution < 1.29 is 14.0 Å². The van der Waals surface area contributed by atoms with Crippen LogP contribution in [0.3, 0.4) is 0 Å². The van der Waals surface area contributed by atoms with Crippen LogP contribution >= 0.6 is 0 Å². The zero-order chi connectivity index (χ0) is 16.8. The van der Waals surface area contributed by atoms with Crippen LogP contribution in [0.4, 0.5) is 4.39 Å². The Morgan fingerprint density at radius 2 is 2.09 bits per heavy atom. The van der Waals surface area contributed by atoms with Gasteiger partial charge in [-0.05, 0) is 37.8 Å². The molecule has 5 heteroatoms. The fourth-order valence-corrected chi connectivity index (χ4v) is 2.86.